The molecule has 1 aromatic heterocycles. The second-order valence-electron chi connectivity index (χ2n) is 5.12. The van der Waals surface area contributed by atoms with Gasteiger partial charge in [-0.1, -0.05) is 12.1 Å². The molecule has 1 aromatic carbocycles. The molecule has 104 valence electrons. The number of nitrogen functional groups attached to an aromatic ring is 1. The lowest BCUT2D eigenvalue weighted by Gasteiger charge is -2.17. The highest BCUT2D eigenvalue weighted by molar-refractivity contribution is 5.99. The molecule has 0 unspecified atom stereocenters. The number of carbonyl (C=O) groups excluding carboxylic acids is 1. The summed E-state index contributed by atoms with van der Waals surface area (Å²) >= 11 is 0. The molecule has 2 heterocycles. The number of hydrogen-bond donors (Lipinski definition) is 3. The quantitative estimate of drug-likeness (QED) is 0.796. The Morgan fingerprint density at radius 2 is 1.80 bits per heavy atom. The summed E-state index contributed by atoms with van der Waals surface area (Å²) in [5, 5.41) is 0. The largest absolute Gasteiger partial charge is 0.385 e. The molecule has 0 spiro atoms. The number of H-pyrrole nitrogens is 1. The summed E-state index contributed by atoms with van der Waals surface area (Å²) in [4.78, 5) is 16.6. The standard InChI is InChI=1S/C15H18N4O/c16-14-12(15(17)20)9-13(18-14)10-3-5-11(6-4-10)19-7-1-2-8-19/h3-6,9,18H,1-2,7-8,16H2,(H2,17,20). The fourth-order valence-corrected chi connectivity index (χ4v) is 2.66. The third-order valence-electron chi connectivity index (χ3n) is 3.76. The Labute approximate surface area is 117 Å². The number of aromatic amines is 1. The van der Waals surface area contributed by atoms with Crippen LogP contribution in [0.4, 0.5) is 11.5 Å². The Hall–Kier alpha value is -2.43. The Morgan fingerprint density at radius 1 is 1.15 bits per heavy atom. The molecule has 1 fully saturated rings. The monoisotopic (exact) mass is 270 g/mol. The average Bonchev–Trinajstić information content (AvgIpc) is 3.08. The summed E-state index contributed by atoms with van der Waals surface area (Å²) in [6.07, 6.45) is 2.52. The lowest BCUT2D eigenvalue weighted by Crippen LogP contribution is -2.17. The van der Waals surface area contributed by atoms with E-state index in [9.17, 15) is 4.79 Å². The maximum atomic E-state index is 11.2. The predicted octanol–water partition coefficient (Wildman–Crippen LogP) is 1.96. The van der Waals surface area contributed by atoms with Crippen molar-refractivity contribution in [3.05, 3.63) is 35.9 Å². The third kappa shape index (κ3) is 2.22. The zero-order chi connectivity index (χ0) is 14.1. The van der Waals surface area contributed by atoms with Gasteiger partial charge in [0.15, 0.2) is 0 Å². The van der Waals surface area contributed by atoms with Crippen LogP contribution in [-0.2, 0) is 0 Å². The normalized spacial score (nSPS) is 14.7. The summed E-state index contributed by atoms with van der Waals surface area (Å²) in [5.41, 5.74) is 14.4. The van der Waals surface area contributed by atoms with Crippen molar-refractivity contribution in [1.82, 2.24) is 4.98 Å². The highest BCUT2D eigenvalue weighted by Gasteiger charge is 2.14. The van der Waals surface area contributed by atoms with E-state index < -0.39 is 5.91 Å². The van der Waals surface area contributed by atoms with Crippen molar-refractivity contribution >= 4 is 17.4 Å². The van der Waals surface area contributed by atoms with Crippen LogP contribution in [0, 0.1) is 0 Å². The maximum Gasteiger partial charge on any atom is 0.252 e. The lowest BCUT2D eigenvalue weighted by molar-refractivity contribution is 0.100. The van der Waals surface area contributed by atoms with Crippen molar-refractivity contribution in [1.29, 1.82) is 0 Å². The van der Waals surface area contributed by atoms with Gasteiger partial charge in [-0.25, -0.2) is 0 Å². The number of benzene rings is 1. The zero-order valence-electron chi connectivity index (χ0n) is 11.2. The Kier molecular flexibility index (Phi) is 3.10. The first-order valence-electron chi connectivity index (χ1n) is 6.79. The summed E-state index contributed by atoms with van der Waals surface area (Å²) in [6, 6.07) is 9.96. The van der Waals surface area contributed by atoms with Crippen LogP contribution in [0.25, 0.3) is 11.3 Å². The highest BCUT2D eigenvalue weighted by atomic mass is 16.1. The van der Waals surface area contributed by atoms with Crippen LogP contribution in [0.1, 0.15) is 23.2 Å². The van der Waals surface area contributed by atoms with Gasteiger partial charge in [0.05, 0.1) is 5.56 Å². The molecule has 0 aliphatic carbocycles. The van der Waals surface area contributed by atoms with Gasteiger partial charge in [-0.15, -0.1) is 0 Å². The summed E-state index contributed by atoms with van der Waals surface area (Å²) in [7, 11) is 0. The first kappa shape index (κ1) is 12.6. The Bertz CT molecular complexity index is 624. The van der Waals surface area contributed by atoms with Crippen LogP contribution in [0.5, 0.6) is 0 Å². The first-order valence-corrected chi connectivity index (χ1v) is 6.79. The van der Waals surface area contributed by atoms with E-state index in [1.807, 2.05) is 12.1 Å². The molecule has 5 nitrogen and oxygen atoms in total. The third-order valence-corrected chi connectivity index (χ3v) is 3.76. The molecule has 5 heteroatoms. The van der Waals surface area contributed by atoms with Crippen molar-refractivity contribution in [2.45, 2.75) is 12.8 Å². The van der Waals surface area contributed by atoms with Crippen molar-refractivity contribution in [2.24, 2.45) is 5.73 Å². The molecule has 0 radical (unpaired) electrons. The molecule has 1 saturated heterocycles. The van der Waals surface area contributed by atoms with E-state index in [0.29, 0.717) is 11.4 Å². The van der Waals surface area contributed by atoms with Crippen molar-refractivity contribution < 1.29 is 4.79 Å². The topological polar surface area (TPSA) is 88.1 Å². The van der Waals surface area contributed by atoms with E-state index >= 15 is 0 Å². The van der Waals surface area contributed by atoms with Gasteiger partial charge in [0.2, 0.25) is 0 Å². The molecule has 0 bridgehead atoms. The van der Waals surface area contributed by atoms with Crippen molar-refractivity contribution in [2.75, 3.05) is 23.7 Å². The summed E-state index contributed by atoms with van der Waals surface area (Å²) in [6.45, 7) is 2.25. The second kappa shape index (κ2) is 4.92. The van der Waals surface area contributed by atoms with Gasteiger partial charge in [0.25, 0.3) is 5.91 Å². The maximum absolute atomic E-state index is 11.2. The molecular formula is C15H18N4O. The summed E-state index contributed by atoms with van der Waals surface area (Å²) < 4.78 is 0. The number of primary amides is 1. The van der Waals surface area contributed by atoms with E-state index in [0.717, 1.165) is 24.3 Å². The van der Waals surface area contributed by atoms with Crippen LogP contribution >= 0.6 is 0 Å². The zero-order valence-corrected chi connectivity index (χ0v) is 11.2. The number of amides is 1. The molecule has 0 atom stereocenters. The molecular weight excluding hydrogens is 252 g/mol. The number of nitrogens with one attached hydrogen (secondary N) is 1. The van der Waals surface area contributed by atoms with Gasteiger partial charge in [0.1, 0.15) is 5.82 Å². The number of nitrogens with zero attached hydrogens (tertiary/aromatic N) is 1. The molecule has 5 N–H and O–H groups in total. The van der Waals surface area contributed by atoms with Crippen LogP contribution < -0.4 is 16.4 Å². The number of carbonyl (C=O) groups is 1. The summed E-state index contributed by atoms with van der Waals surface area (Å²) in [5.74, 6) is -0.199. The fraction of sp³-hybridized carbons (Fsp3) is 0.267. The number of nitrogens with two attached hydrogens (primary N) is 2. The lowest BCUT2D eigenvalue weighted by atomic mass is 10.1. The molecule has 20 heavy (non-hydrogen) atoms. The Morgan fingerprint density at radius 3 is 2.35 bits per heavy atom. The molecule has 1 amide bonds. The Balaban J connectivity index is 1.87. The van der Waals surface area contributed by atoms with Crippen LogP contribution in [0.15, 0.2) is 30.3 Å². The highest BCUT2D eigenvalue weighted by Crippen LogP contribution is 2.27. The van der Waals surface area contributed by atoms with Gasteiger partial charge in [-0.05, 0) is 36.6 Å². The molecule has 1 aliphatic heterocycles. The molecule has 2 aromatic rings. The minimum atomic E-state index is -0.515. The van der Waals surface area contributed by atoms with E-state index in [4.69, 9.17) is 11.5 Å². The minimum absolute atomic E-state index is 0.316. The van der Waals surface area contributed by atoms with Crippen LogP contribution in [0.2, 0.25) is 0 Å². The number of aromatic nitrogens is 1. The molecule has 1 aliphatic rings. The minimum Gasteiger partial charge on any atom is -0.385 e. The predicted molar refractivity (Wildman–Crippen MR) is 80.6 cm³/mol. The van der Waals surface area contributed by atoms with Crippen molar-refractivity contribution in [3.63, 3.8) is 0 Å². The molecule has 3 rings (SSSR count). The second-order valence-corrected chi connectivity index (χ2v) is 5.12. The number of rotatable bonds is 3. The van der Waals surface area contributed by atoms with Gasteiger partial charge in [0, 0.05) is 24.5 Å². The van der Waals surface area contributed by atoms with Gasteiger partial charge in [-0.2, -0.15) is 0 Å². The first-order chi connectivity index (χ1) is 9.65. The van der Waals surface area contributed by atoms with E-state index in [1.54, 1.807) is 6.07 Å². The molecule has 0 saturated carbocycles. The van der Waals surface area contributed by atoms with Crippen molar-refractivity contribution in [3.8, 4) is 11.3 Å². The van der Waals surface area contributed by atoms with Crippen LogP contribution in [-0.4, -0.2) is 24.0 Å². The number of hydrogen-bond acceptors (Lipinski definition) is 3. The van der Waals surface area contributed by atoms with Gasteiger partial charge < -0.3 is 21.4 Å². The SMILES string of the molecule is NC(=O)c1cc(-c2ccc(N3CCCC3)cc2)[nH]c1N. The van der Waals surface area contributed by atoms with Gasteiger partial charge >= 0.3 is 0 Å². The number of anilines is 2. The fourth-order valence-electron chi connectivity index (χ4n) is 2.66. The van der Waals surface area contributed by atoms with Gasteiger partial charge in [-0.3, -0.25) is 4.79 Å². The van der Waals surface area contributed by atoms with E-state index in [2.05, 4.69) is 22.0 Å². The average molecular weight is 270 g/mol. The smallest absolute Gasteiger partial charge is 0.252 e. The van der Waals surface area contributed by atoms with E-state index in [-0.39, 0.29) is 0 Å². The van der Waals surface area contributed by atoms with E-state index in [1.165, 1.54) is 18.5 Å². The van der Waals surface area contributed by atoms with Crippen LogP contribution in [0.3, 0.4) is 0 Å².